The number of carbonyl (C=O) groups is 1. The molecular weight excluding hydrogens is 684 g/mol. The fourth-order valence-electron chi connectivity index (χ4n) is 7.94. The zero-order valence-electron chi connectivity index (χ0n) is 31.7. The lowest BCUT2D eigenvalue weighted by atomic mass is 9.82. The van der Waals surface area contributed by atoms with Crippen molar-refractivity contribution in [3.8, 4) is 11.5 Å². The summed E-state index contributed by atoms with van der Waals surface area (Å²) in [5.41, 5.74) is 7.99. The third-order valence-electron chi connectivity index (χ3n) is 11.3. The number of fused-ring (bicyclic) bond motifs is 3. The number of amides is 1. The third kappa shape index (κ3) is 7.14. The van der Waals surface area contributed by atoms with Crippen LogP contribution in [0.15, 0.2) is 66.5 Å². The van der Waals surface area contributed by atoms with Crippen LogP contribution in [0.2, 0.25) is 0 Å². The van der Waals surface area contributed by atoms with Crippen molar-refractivity contribution >= 4 is 39.1 Å². The SMILES string of the molecule is CCC1C=C(F)[C@H](C2(C)Oc3cccc(C4=CCN(Cc5nc6ccc(NC(=O)c7cc(C)c8n[nH]c(C)c8c7)cc6[nH]5)CC4)c3O2)CC1.C[C@@H]1CCO1. The Kier molecular flexibility index (Phi) is 9.78. The van der Waals surface area contributed by atoms with Crippen molar-refractivity contribution in [2.24, 2.45) is 11.8 Å². The first kappa shape index (κ1) is 36.0. The maximum absolute atomic E-state index is 15.2. The average Bonchev–Trinajstić information content (AvgIpc) is 3.85. The molecule has 9 rings (SSSR count). The van der Waals surface area contributed by atoms with E-state index in [0.29, 0.717) is 41.8 Å². The quantitative estimate of drug-likeness (QED) is 0.153. The molecule has 0 radical (unpaired) electrons. The summed E-state index contributed by atoms with van der Waals surface area (Å²) >= 11 is 0. The molecule has 1 amide bonds. The van der Waals surface area contributed by atoms with Gasteiger partial charge in [0.1, 0.15) is 11.7 Å². The molecule has 1 fully saturated rings. The summed E-state index contributed by atoms with van der Waals surface area (Å²) in [6.45, 7) is 13.2. The van der Waals surface area contributed by atoms with Crippen molar-refractivity contribution in [2.45, 2.75) is 85.2 Å². The number of ether oxygens (including phenoxy) is 3. The van der Waals surface area contributed by atoms with Gasteiger partial charge in [-0.05, 0) is 112 Å². The van der Waals surface area contributed by atoms with Gasteiger partial charge in [-0.15, -0.1) is 0 Å². The number of aromatic amines is 2. The molecular formula is C43H49FN6O4. The number of nitrogens with zero attached hydrogens (tertiary/aromatic N) is 3. The fourth-order valence-corrected chi connectivity index (χ4v) is 7.94. The molecule has 11 heteroatoms. The molecule has 3 aromatic carbocycles. The highest BCUT2D eigenvalue weighted by molar-refractivity contribution is 6.07. The molecule has 10 nitrogen and oxygen atoms in total. The van der Waals surface area contributed by atoms with E-state index in [1.165, 1.54) is 12.0 Å². The number of benzene rings is 3. The zero-order valence-corrected chi connectivity index (χ0v) is 31.7. The maximum atomic E-state index is 15.2. The van der Waals surface area contributed by atoms with Crippen LogP contribution in [0.4, 0.5) is 10.1 Å². The molecule has 5 heterocycles. The molecule has 3 N–H and O–H groups in total. The van der Waals surface area contributed by atoms with Crippen LogP contribution in [0, 0.1) is 25.7 Å². The van der Waals surface area contributed by atoms with Gasteiger partial charge in [-0.1, -0.05) is 25.1 Å². The number of aryl methyl sites for hydroxylation is 2. The number of allylic oxidation sites excluding steroid dienone is 1. The summed E-state index contributed by atoms with van der Waals surface area (Å²) in [4.78, 5) is 23.8. The van der Waals surface area contributed by atoms with E-state index < -0.39 is 11.7 Å². The van der Waals surface area contributed by atoms with Gasteiger partial charge in [0.25, 0.3) is 11.7 Å². The summed E-state index contributed by atoms with van der Waals surface area (Å²) in [7, 11) is 0. The summed E-state index contributed by atoms with van der Waals surface area (Å²) in [5.74, 6) is 0.760. The van der Waals surface area contributed by atoms with Crippen molar-refractivity contribution in [1.29, 1.82) is 0 Å². The Morgan fingerprint density at radius 3 is 2.67 bits per heavy atom. The summed E-state index contributed by atoms with van der Waals surface area (Å²) < 4.78 is 32.9. The average molecular weight is 733 g/mol. The van der Waals surface area contributed by atoms with Gasteiger partial charge in [-0.3, -0.25) is 14.8 Å². The number of carbonyl (C=O) groups excluding carboxylic acids is 1. The van der Waals surface area contributed by atoms with E-state index in [2.05, 4.69) is 51.4 Å². The van der Waals surface area contributed by atoms with Crippen LogP contribution < -0.4 is 14.8 Å². The van der Waals surface area contributed by atoms with E-state index in [-0.39, 0.29) is 17.7 Å². The Bertz CT molecular complexity index is 2270. The summed E-state index contributed by atoms with van der Waals surface area (Å²) in [6.07, 6.45) is 9.26. The number of rotatable bonds is 7. The number of hydrogen-bond acceptors (Lipinski definition) is 7. The van der Waals surface area contributed by atoms with E-state index in [4.69, 9.17) is 19.2 Å². The number of anilines is 1. The molecule has 5 aromatic rings. The summed E-state index contributed by atoms with van der Waals surface area (Å²) in [6, 6.07) is 15.5. The van der Waals surface area contributed by atoms with Crippen LogP contribution in [0.5, 0.6) is 11.5 Å². The van der Waals surface area contributed by atoms with Crippen LogP contribution in [-0.2, 0) is 11.3 Å². The van der Waals surface area contributed by atoms with E-state index in [1.807, 2.05) is 63.2 Å². The van der Waals surface area contributed by atoms with Gasteiger partial charge in [-0.2, -0.15) is 5.10 Å². The maximum Gasteiger partial charge on any atom is 0.257 e. The highest BCUT2D eigenvalue weighted by Crippen LogP contribution is 2.50. The number of aromatic nitrogens is 4. The number of hydrogen-bond donors (Lipinski definition) is 3. The second kappa shape index (κ2) is 14.7. The lowest BCUT2D eigenvalue weighted by Gasteiger charge is -2.34. The highest BCUT2D eigenvalue weighted by Gasteiger charge is 2.48. The predicted octanol–water partition coefficient (Wildman–Crippen LogP) is 9.17. The van der Waals surface area contributed by atoms with Crippen molar-refractivity contribution in [3.05, 3.63) is 94.7 Å². The molecule has 0 spiro atoms. The molecule has 1 saturated heterocycles. The van der Waals surface area contributed by atoms with Crippen molar-refractivity contribution in [1.82, 2.24) is 25.1 Å². The van der Waals surface area contributed by atoms with E-state index >= 15 is 4.39 Å². The van der Waals surface area contributed by atoms with Crippen molar-refractivity contribution in [2.75, 3.05) is 25.0 Å². The number of halogens is 1. The molecule has 0 bridgehead atoms. The Balaban J connectivity index is 0.000000766. The first-order valence-corrected chi connectivity index (χ1v) is 19.2. The molecule has 0 saturated carbocycles. The van der Waals surface area contributed by atoms with Gasteiger partial charge >= 0.3 is 0 Å². The number of imidazole rings is 1. The highest BCUT2D eigenvalue weighted by atomic mass is 19.1. The lowest BCUT2D eigenvalue weighted by molar-refractivity contribution is -0.109. The topological polar surface area (TPSA) is 117 Å². The van der Waals surface area contributed by atoms with E-state index in [9.17, 15) is 4.79 Å². The Labute approximate surface area is 315 Å². The standard InChI is InChI=1S/C39H41FN6O3.C4H8O/c1-5-24-9-11-30(31(40)18-24)39(4)48-34-8-6-7-28(37(34)49-39)25-13-15-46(16-14-25)21-35-42-32-12-10-27(20-33(32)43-35)41-38(47)26-17-22(2)36-29(19-26)23(3)44-45-36;1-4-2-3-5-4/h6-8,10,12-13,17-20,24,30H,5,9,11,14-16,21H2,1-4H3,(H,41,47)(H,42,43)(H,44,45);4H,2-3H2,1H3/t24?,30-,39?;4-/m11/s1. The first-order valence-electron chi connectivity index (χ1n) is 19.2. The Morgan fingerprint density at radius 1 is 1.11 bits per heavy atom. The molecule has 2 aromatic heterocycles. The third-order valence-corrected chi connectivity index (χ3v) is 11.3. The van der Waals surface area contributed by atoms with E-state index in [0.717, 1.165) is 83.5 Å². The van der Waals surface area contributed by atoms with Crippen LogP contribution in [0.25, 0.3) is 27.5 Å². The summed E-state index contributed by atoms with van der Waals surface area (Å²) in [5, 5.41) is 11.3. The Hall–Kier alpha value is -5.00. The normalized spacial score (nSPS) is 23.7. The Morgan fingerprint density at radius 2 is 1.94 bits per heavy atom. The van der Waals surface area contributed by atoms with Crippen molar-refractivity contribution < 1.29 is 23.4 Å². The minimum absolute atomic E-state index is 0.122. The number of H-pyrrole nitrogens is 2. The van der Waals surface area contributed by atoms with Gasteiger partial charge in [0.15, 0.2) is 11.5 Å². The second-order valence-electron chi connectivity index (χ2n) is 15.3. The van der Waals surface area contributed by atoms with Gasteiger partial charge in [0.05, 0.1) is 35.1 Å². The van der Waals surface area contributed by atoms with Gasteiger partial charge in [-0.25, -0.2) is 9.37 Å². The first-order chi connectivity index (χ1) is 26.1. The monoisotopic (exact) mass is 732 g/mol. The van der Waals surface area contributed by atoms with Gasteiger partial charge in [0, 0.05) is 54.5 Å². The van der Waals surface area contributed by atoms with Gasteiger partial charge in [0.2, 0.25) is 0 Å². The molecule has 54 heavy (non-hydrogen) atoms. The minimum atomic E-state index is -1.06. The van der Waals surface area contributed by atoms with Crippen LogP contribution in [0.3, 0.4) is 0 Å². The second-order valence-corrected chi connectivity index (χ2v) is 15.3. The predicted molar refractivity (Wildman–Crippen MR) is 209 cm³/mol. The molecule has 282 valence electrons. The van der Waals surface area contributed by atoms with Gasteiger partial charge < -0.3 is 24.5 Å². The molecule has 3 aliphatic heterocycles. The lowest BCUT2D eigenvalue weighted by Crippen LogP contribution is -2.44. The van der Waals surface area contributed by atoms with Crippen LogP contribution in [-0.4, -0.2) is 62.6 Å². The van der Waals surface area contributed by atoms with Crippen molar-refractivity contribution in [3.63, 3.8) is 0 Å². The largest absolute Gasteiger partial charge is 0.448 e. The minimum Gasteiger partial charge on any atom is -0.448 e. The smallest absolute Gasteiger partial charge is 0.257 e. The van der Waals surface area contributed by atoms with Crippen LogP contribution in [0.1, 0.15) is 85.9 Å². The number of nitrogens with one attached hydrogen (secondary N) is 3. The molecule has 4 atom stereocenters. The number of para-hydroxylation sites is 1. The molecule has 1 aliphatic carbocycles. The van der Waals surface area contributed by atoms with E-state index in [1.54, 1.807) is 6.08 Å². The molecule has 2 unspecified atom stereocenters. The molecule has 4 aliphatic rings. The zero-order chi connectivity index (χ0) is 37.6. The van der Waals surface area contributed by atoms with Crippen LogP contribution >= 0.6 is 0 Å². The fraction of sp³-hybridized carbons (Fsp3) is 0.419.